The Hall–Kier alpha value is -1.53. The van der Waals surface area contributed by atoms with Crippen molar-refractivity contribution in [3.05, 3.63) is 35.2 Å². The lowest BCUT2D eigenvalue weighted by atomic mass is 10.1. The molecule has 1 unspecified atom stereocenters. The topological polar surface area (TPSA) is 76.2 Å². The normalized spacial score (nSPS) is 12.6. The smallest absolute Gasteiger partial charge is 0.316 e. The highest BCUT2D eigenvalue weighted by molar-refractivity contribution is 7.99. The van der Waals surface area contributed by atoms with Crippen LogP contribution < -0.4 is 0 Å². The predicted molar refractivity (Wildman–Crippen MR) is 82.3 cm³/mol. The maximum absolute atomic E-state index is 11.1. The number of hydrogen-bond acceptors (Lipinski definition) is 5. The molecule has 2 rings (SSSR count). The molecule has 0 aliphatic carbocycles. The van der Waals surface area contributed by atoms with Crippen LogP contribution in [0.1, 0.15) is 19.7 Å². The van der Waals surface area contributed by atoms with E-state index in [9.17, 15) is 4.79 Å². The van der Waals surface area contributed by atoms with E-state index in [1.807, 2.05) is 26.0 Å². The highest BCUT2D eigenvalue weighted by Gasteiger charge is 2.23. The maximum atomic E-state index is 11.1. The van der Waals surface area contributed by atoms with Crippen LogP contribution in [-0.2, 0) is 10.5 Å². The Morgan fingerprint density at radius 1 is 1.48 bits per heavy atom. The molecule has 2 aromatic rings. The van der Waals surface area contributed by atoms with Gasteiger partial charge in [0.05, 0.1) is 5.75 Å². The first-order valence-corrected chi connectivity index (χ1v) is 7.83. The van der Waals surface area contributed by atoms with E-state index < -0.39 is 11.2 Å². The Morgan fingerprint density at radius 2 is 2.24 bits per heavy atom. The van der Waals surface area contributed by atoms with Gasteiger partial charge in [-0.15, -0.1) is 11.8 Å². The summed E-state index contributed by atoms with van der Waals surface area (Å²) >= 11 is 7.20. The number of halogens is 1. The maximum Gasteiger partial charge on any atom is 0.316 e. The molecular formula is C14H15ClN2O3S. The van der Waals surface area contributed by atoms with E-state index in [-0.39, 0.29) is 5.92 Å². The summed E-state index contributed by atoms with van der Waals surface area (Å²) in [5.74, 6) is 0.418. The molecule has 21 heavy (non-hydrogen) atoms. The highest BCUT2D eigenvalue weighted by Crippen LogP contribution is 2.25. The first-order chi connectivity index (χ1) is 9.97. The molecule has 112 valence electrons. The number of carbonyl (C=O) groups is 1. The number of carboxylic acids is 1. The fraction of sp³-hybridized carbons (Fsp3) is 0.357. The van der Waals surface area contributed by atoms with Gasteiger partial charge < -0.3 is 9.63 Å². The van der Waals surface area contributed by atoms with Crippen molar-refractivity contribution in [2.75, 3.05) is 0 Å². The van der Waals surface area contributed by atoms with Crippen molar-refractivity contribution >= 4 is 29.3 Å². The van der Waals surface area contributed by atoms with Crippen LogP contribution in [0.3, 0.4) is 0 Å². The Bertz CT molecular complexity index is 630. The molecule has 1 atom stereocenters. The number of carboxylic acid groups (broad SMARTS) is 1. The van der Waals surface area contributed by atoms with Crippen LogP contribution in [0.2, 0.25) is 5.02 Å². The van der Waals surface area contributed by atoms with Gasteiger partial charge in [0, 0.05) is 10.6 Å². The van der Waals surface area contributed by atoms with E-state index in [0.29, 0.717) is 22.5 Å². The minimum Gasteiger partial charge on any atom is -0.480 e. The number of hydrogen-bond donors (Lipinski definition) is 1. The summed E-state index contributed by atoms with van der Waals surface area (Å²) in [4.78, 5) is 15.4. The summed E-state index contributed by atoms with van der Waals surface area (Å²) in [5, 5.41) is 13.1. The zero-order valence-electron chi connectivity index (χ0n) is 11.6. The zero-order valence-corrected chi connectivity index (χ0v) is 13.2. The van der Waals surface area contributed by atoms with E-state index in [0.717, 1.165) is 5.56 Å². The Balaban J connectivity index is 2.05. The third-order valence-electron chi connectivity index (χ3n) is 2.79. The second kappa shape index (κ2) is 6.95. The monoisotopic (exact) mass is 326 g/mol. The summed E-state index contributed by atoms with van der Waals surface area (Å²) in [7, 11) is 0. The van der Waals surface area contributed by atoms with Gasteiger partial charge in [-0.25, -0.2) is 0 Å². The van der Waals surface area contributed by atoms with Crippen molar-refractivity contribution in [3.8, 4) is 11.4 Å². The molecule has 1 aromatic carbocycles. The largest absolute Gasteiger partial charge is 0.480 e. The van der Waals surface area contributed by atoms with E-state index in [2.05, 4.69) is 10.1 Å². The van der Waals surface area contributed by atoms with Crippen LogP contribution >= 0.6 is 23.4 Å². The minimum atomic E-state index is -0.829. The molecule has 0 saturated carbocycles. The van der Waals surface area contributed by atoms with Gasteiger partial charge in [0.25, 0.3) is 0 Å². The predicted octanol–water partition coefficient (Wildman–Crippen LogP) is 3.73. The van der Waals surface area contributed by atoms with Gasteiger partial charge in [-0.1, -0.05) is 42.7 Å². The van der Waals surface area contributed by atoms with Crippen molar-refractivity contribution in [1.29, 1.82) is 0 Å². The van der Waals surface area contributed by atoms with Gasteiger partial charge >= 0.3 is 5.97 Å². The summed E-state index contributed by atoms with van der Waals surface area (Å²) < 4.78 is 5.15. The van der Waals surface area contributed by atoms with Crippen molar-refractivity contribution < 1.29 is 14.4 Å². The molecule has 0 bridgehead atoms. The summed E-state index contributed by atoms with van der Waals surface area (Å²) in [6.07, 6.45) is 0. The molecule has 0 aliphatic heterocycles. The second-order valence-electron chi connectivity index (χ2n) is 4.84. The first-order valence-electron chi connectivity index (χ1n) is 6.40. The molecule has 0 saturated heterocycles. The lowest BCUT2D eigenvalue weighted by Gasteiger charge is -2.13. The molecule has 0 amide bonds. The third-order valence-corrected chi connectivity index (χ3v) is 4.54. The summed E-state index contributed by atoms with van der Waals surface area (Å²) in [5.41, 5.74) is 0.765. The standard InChI is InChI=1S/C14H15ClN2O3S/c1-8(2)12(14(18)19)21-7-11-16-13(17-20-11)9-4-3-5-10(15)6-9/h3-6,8,12H,7H2,1-2H3,(H,18,19). The minimum absolute atomic E-state index is 0.0304. The molecule has 0 fully saturated rings. The number of nitrogens with zero attached hydrogens (tertiary/aromatic N) is 2. The number of aliphatic carboxylic acids is 1. The van der Waals surface area contributed by atoms with Gasteiger partial charge in [-0.05, 0) is 18.1 Å². The number of rotatable bonds is 6. The van der Waals surface area contributed by atoms with Crippen molar-refractivity contribution in [3.63, 3.8) is 0 Å². The van der Waals surface area contributed by atoms with Crippen LogP contribution in [0, 0.1) is 5.92 Å². The highest BCUT2D eigenvalue weighted by atomic mass is 35.5. The lowest BCUT2D eigenvalue weighted by molar-refractivity contribution is -0.137. The SMILES string of the molecule is CC(C)C(SCc1nc(-c2cccc(Cl)c2)no1)C(=O)O. The lowest BCUT2D eigenvalue weighted by Crippen LogP contribution is -2.22. The Kier molecular flexibility index (Phi) is 5.25. The van der Waals surface area contributed by atoms with Crippen LogP contribution in [0.5, 0.6) is 0 Å². The molecule has 5 nitrogen and oxygen atoms in total. The van der Waals surface area contributed by atoms with Gasteiger partial charge in [0.2, 0.25) is 11.7 Å². The van der Waals surface area contributed by atoms with Crippen LogP contribution in [0.4, 0.5) is 0 Å². The fourth-order valence-corrected chi connectivity index (χ4v) is 2.93. The molecule has 0 spiro atoms. The van der Waals surface area contributed by atoms with Crippen LogP contribution in [0.25, 0.3) is 11.4 Å². The molecule has 1 heterocycles. The fourth-order valence-electron chi connectivity index (χ4n) is 1.77. The molecule has 0 aliphatic rings. The second-order valence-corrected chi connectivity index (χ2v) is 6.40. The summed E-state index contributed by atoms with van der Waals surface area (Å²) in [6, 6.07) is 7.16. The van der Waals surface area contributed by atoms with Crippen molar-refractivity contribution in [2.45, 2.75) is 24.9 Å². The molecule has 7 heteroatoms. The first kappa shape index (κ1) is 15.9. The molecular weight excluding hydrogens is 312 g/mol. The Morgan fingerprint density at radius 3 is 2.86 bits per heavy atom. The average molecular weight is 327 g/mol. The Labute approximate surface area is 131 Å². The third kappa shape index (κ3) is 4.22. The van der Waals surface area contributed by atoms with E-state index in [4.69, 9.17) is 21.2 Å². The zero-order chi connectivity index (χ0) is 15.4. The molecule has 1 N–H and O–H groups in total. The van der Waals surface area contributed by atoms with Crippen molar-refractivity contribution in [2.24, 2.45) is 5.92 Å². The van der Waals surface area contributed by atoms with E-state index >= 15 is 0 Å². The average Bonchev–Trinajstić information content (AvgIpc) is 2.87. The van der Waals surface area contributed by atoms with E-state index in [1.165, 1.54) is 11.8 Å². The molecule has 1 aromatic heterocycles. The quantitative estimate of drug-likeness (QED) is 0.871. The van der Waals surface area contributed by atoms with Crippen LogP contribution in [0.15, 0.2) is 28.8 Å². The summed E-state index contributed by atoms with van der Waals surface area (Å²) in [6.45, 7) is 3.74. The number of benzene rings is 1. The number of aromatic nitrogens is 2. The van der Waals surface area contributed by atoms with Gasteiger partial charge in [0.1, 0.15) is 5.25 Å². The van der Waals surface area contributed by atoms with Gasteiger partial charge in [-0.3, -0.25) is 4.79 Å². The van der Waals surface area contributed by atoms with Gasteiger partial charge in [-0.2, -0.15) is 4.98 Å². The van der Waals surface area contributed by atoms with E-state index in [1.54, 1.807) is 12.1 Å². The van der Waals surface area contributed by atoms with Gasteiger partial charge in [0.15, 0.2) is 0 Å². The van der Waals surface area contributed by atoms with Crippen molar-refractivity contribution in [1.82, 2.24) is 10.1 Å². The number of thioether (sulfide) groups is 1. The molecule has 0 radical (unpaired) electrons. The van der Waals surface area contributed by atoms with Crippen LogP contribution in [-0.4, -0.2) is 26.5 Å².